The van der Waals surface area contributed by atoms with Gasteiger partial charge in [-0.05, 0) is 18.9 Å². The largest absolute Gasteiger partial charge is 0.340 e. The number of hydrogen-bond donors (Lipinski definition) is 1. The molecule has 0 aromatic heterocycles. The maximum atomic E-state index is 13.4. The molecule has 86 valence electrons. The third kappa shape index (κ3) is 2.07. The Bertz CT molecular complexity index is 415. The molecule has 1 amide bonds. The molecule has 1 saturated carbocycles. The van der Waals surface area contributed by atoms with E-state index in [4.69, 9.17) is 5.73 Å². The number of nitrogens with two attached hydrogens (primary N) is 1. The topological polar surface area (TPSA) is 46.3 Å². The summed E-state index contributed by atoms with van der Waals surface area (Å²) in [5, 5.41) is 0. The van der Waals surface area contributed by atoms with Gasteiger partial charge in [-0.3, -0.25) is 4.79 Å². The Balaban J connectivity index is 2.05. The maximum Gasteiger partial charge on any atom is 0.242 e. The SMILES string of the molecule is CN(Cc1ccccc1F)C(=O)C1(N)CC1. The first-order chi connectivity index (χ1) is 7.53. The molecular weight excluding hydrogens is 207 g/mol. The Labute approximate surface area is 94.0 Å². The van der Waals surface area contributed by atoms with Gasteiger partial charge in [-0.25, -0.2) is 4.39 Å². The summed E-state index contributed by atoms with van der Waals surface area (Å²) in [6.07, 6.45) is 1.46. The van der Waals surface area contributed by atoms with E-state index in [1.165, 1.54) is 11.0 Å². The number of likely N-dealkylation sites (N-methyl/N-ethyl adjacent to an activating group) is 1. The first-order valence-electron chi connectivity index (χ1n) is 5.31. The molecule has 1 fully saturated rings. The minimum Gasteiger partial charge on any atom is -0.340 e. The number of rotatable bonds is 3. The van der Waals surface area contributed by atoms with E-state index in [2.05, 4.69) is 0 Å². The number of hydrogen-bond acceptors (Lipinski definition) is 2. The predicted molar refractivity (Wildman–Crippen MR) is 59.0 cm³/mol. The fourth-order valence-corrected chi connectivity index (χ4v) is 1.68. The van der Waals surface area contributed by atoms with Crippen LogP contribution >= 0.6 is 0 Å². The highest BCUT2D eigenvalue weighted by molar-refractivity contribution is 5.88. The van der Waals surface area contributed by atoms with Crippen LogP contribution in [-0.2, 0) is 11.3 Å². The van der Waals surface area contributed by atoms with Crippen molar-refractivity contribution in [3.05, 3.63) is 35.6 Å². The second-order valence-electron chi connectivity index (χ2n) is 4.41. The second kappa shape index (κ2) is 3.87. The Morgan fingerprint density at radius 3 is 2.69 bits per heavy atom. The number of carbonyl (C=O) groups is 1. The number of nitrogens with zero attached hydrogens (tertiary/aromatic N) is 1. The number of amides is 1. The molecule has 0 heterocycles. The molecule has 0 radical (unpaired) electrons. The molecule has 1 aliphatic rings. The van der Waals surface area contributed by atoms with Crippen molar-refractivity contribution >= 4 is 5.91 Å². The third-order valence-electron chi connectivity index (χ3n) is 2.93. The summed E-state index contributed by atoms with van der Waals surface area (Å²) in [5.74, 6) is -0.389. The van der Waals surface area contributed by atoms with E-state index in [-0.39, 0.29) is 18.3 Å². The van der Waals surface area contributed by atoms with Crippen molar-refractivity contribution in [2.45, 2.75) is 24.9 Å². The molecular formula is C12H15FN2O. The van der Waals surface area contributed by atoms with Crippen LogP contribution in [-0.4, -0.2) is 23.4 Å². The van der Waals surface area contributed by atoms with Gasteiger partial charge >= 0.3 is 0 Å². The van der Waals surface area contributed by atoms with Crippen molar-refractivity contribution in [1.29, 1.82) is 0 Å². The lowest BCUT2D eigenvalue weighted by atomic mass is 10.2. The van der Waals surface area contributed by atoms with Gasteiger partial charge in [0, 0.05) is 19.2 Å². The molecule has 16 heavy (non-hydrogen) atoms. The zero-order chi connectivity index (χ0) is 11.8. The van der Waals surface area contributed by atoms with Crippen LogP contribution in [0.25, 0.3) is 0 Å². The normalized spacial score (nSPS) is 16.9. The molecule has 0 aliphatic heterocycles. The predicted octanol–water partition coefficient (Wildman–Crippen LogP) is 1.28. The number of benzene rings is 1. The lowest BCUT2D eigenvalue weighted by molar-refractivity contribution is -0.132. The van der Waals surface area contributed by atoms with E-state index in [0.29, 0.717) is 5.56 Å². The van der Waals surface area contributed by atoms with Crippen LogP contribution in [0.5, 0.6) is 0 Å². The highest BCUT2D eigenvalue weighted by Crippen LogP contribution is 2.34. The van der Waals surface area contributed by atoms with Crippen LogP contribution in [0.15, 0.2) is 24.3 Å². The number of carbonyl (C=O) groups excluding carboxylic acids is 1. The van der Waals surface area contributed by atoms with Gasteiger partial charge < -0.3 is 10.6 Å². The second-order valence-corrected chi connectivity index (χ2v) is 4.41. The average Bonchev–Trinajstić information content (AvgIpc) is 3.00. The summed E-state index contributed by atoms with van der Waals surface area (Å²) in [4.78, 5) is 13.3. The van der Waals surface area contributed by atoms with Crippen molar-refractivity contribution in [2.75, 3.05) is 7.05 Å². The van der Waals surface area contributed by atoms with E-state index >= 15 is 0 Å². The monoisotopic (exact) mass is 222 g/mol. The molecule has 4 heteroatoms. The molecule has 0 spiro atoms. The van der Waals surface area contributed by atoms with Crippen LogP contribution in [0.2, 0.25) is 0 Å². The lowest BCUT2D eigenvalue weighted by Crippen LogP contribution is -2.43. The Hall–Kier alpha value is -1.42. The molecule has 0 saturated heterocycles. The Morgan fingerprint density at radius 2 is 2.12 bits per heavy atom. The van der Waals surface area contributed by atoms with E-state index < -0.39 is 5.54 Å². The summed E-state index contributed by atoms with van der Waals surface area (Å²) in [6.45, 7) is 0.268. The van der Waals surface area contributed by atoms with Gasteiger partial charge in [-0.1, -0.05) is 18.2 Å². The highest BCUT2D eigenvalue weighted by atomic mass is 19.1. The van der Waals surface area contributed by atoms with Crippen molar-refractivity contribution in [2.24, 2.45) is 5.73 Å². The molecule has 2 rings (SSSR count). The fourth-order valence-electron chi connectivity index (χ4n) is 1.68. The van der Waals surface area contributed by atoms with Crippen LogP contribution in [0.1, 0.15) is 18.4 Å². The Morgan fingerprint density at radius 1 is 1.50 bits per heavy atom. The molecule has 0 atom stereocenters. The molecule has 1 aromatic carbocycles. The molecule has 1 aromatic rings. The molecule has 0 unspecified atom stereocenters. The summed E-state index contributed by atoms with van der Waals surface area (Å²) in [6, 6.07) is 6.45. The lowest BCUT2D eigenvalue weighted by Gasteiger charge is -2.21. The van der Waals surface area contributed by atoms with Gasteiger partial charge in [0.2, 0.25) is 5.91 Å². The summed E-state index contributed by atoms with van der Waals surface area (Å²) in [7, 11) is 1.65. The zero-order valence-electron chi connectivity index (χ0n) is 9.24. The standard InChI is InChI=1S/C12H15FN2O/c1-15(11(16)12(14)6-7-12)8-9-4-2-3-5-10(9)13/h2-5H,6-8,14H2,1H3. The zero-order valence-corrected chi connectivity index (χ0v) is 9.24. The highest BCUT2D eigenvalue weighted by Gasteiger charge is 2.47. The van der Waals surface area contributed by atoms with Crippen LogP contribution in [0.3, 0.4) is 0 Å². The van der Waals surface area contributed by atoms with Crippen LogP contribution < -0.4 is 5.73 Å². The maximum absolute atomic E-state index is 13.4. The number of halogens is 1. The molecule has 0 bridgehead atoms. The van der Waals surface area contributed by atoms with Gasteiger partial charge in [0.1, 0.15) is 5.82 Å². The summed E-state index contributed by atoms with van der Waals surface area (Å²) >= 11 is 0. The smallest absolute Gasteiger partial charge is 0.242 e. The first kappa shape index (κ1) is 11.1. The van der Waals surface area contributed by atoms with Crippen LogP contribution in [0, 0.1) is 5.82 Å². The van der Waals surface area contributed by atoms with Crippen molar-refractivity contribution in [3.63, 3.8) is 0 Å². The van der Waals surface area contributed by atoms with Gasteiger partial charge in [0.25, 0.3) is 0 Å². The third-order valence-corrected chi connectivity index (χ3v) is 2.93. The quantitative estimate of drug-likeness (QED) is 0.837. The first-order valence-corrected chi connectivity index (χ1v) is 5.31. The minimum atomic E-state index is -0.681. The van der Waals surface area contributed by atoms with Crippen LogP contribution in [0.4, 0.5) is 4.39 Å². The molecule has 1 aliphatic carbocycles. The fraction of sp³-hybridized carbons (Fsp3) is 0.417. The summed E-state index contributed by atoms with van der Waals surface area (Å²) in [5.41, 5.74) is 5.63. The minimum absolute atomic E-state index is 0.101. The van der Waals surface area contributed by atoms with Crippen molar-refractivity contribution in [1.82, 2.24) is 4.90 Å². The summed E-state index contributed by atoms with van der Waals surface area (Å²) < 4.78 is 13.4. The van der Waals surface area contributed by atoms with Crippen molar-refractivity contribution < 1.29 is 9.18 Å². The van der Waals surface area contributed by atoms with E-state index in [1.807, 2.05) is 0 Å². The average molecular weight is 222 g/mol. The van der Waals surface area contributed by atoms with E-state index in [9.17, 15) is 9.18 Å². The van der Waals surface area contributed by atoms with Gasteiger partial charge in [0.15, 0.2) is 0 Å². The van der Waals surface area contributed by atoms with Gasteiger partial charge in [-0.2, -0.15) is 0 Å². The molecule has 3 nitrogen and oxygen atoms in total. The van der Waals surface area contributed by atoms with E-state index in [0.717, 1.165) is 12.8 Å². The molecule has 2 N–H and O–H groups in total. The van der Waals surface area contributed by atoms with E-state index in [1.54, 1.807) is 25.2 Å². The van der Waals surface area contributed by atoms with Gasteiger partial charge in [-0.15, -0.1) is 0 Å². The van der Waals surface area contributed by atoms with Crippen molar-refractivity contribution in [3.8, 4) is 0 Å². The van der Waals surface area contributed by atoms with Gasteiger partial charge in [0.05, 0.1) is 5.54 Å². The Kier molecular flexibility index (Phi) is 2.68.